The Morgan fingerprint density at radius 3 is 3.00 bits per heavy atom. The van der Waals surface area contributed by atoms with Crippen LogP contribution in [0.15, 0.2) is 24.4 Å². The number of thiazole rings is 1. The maximum absolute atomic E-state index is 4.66. The molecule has 1 saturated carbocycles. The van der Waals surface area contributed by atoms with Crippen LogP contribution in [0, 0.1) is 6.92 Å². The number of aryl methyl sites for hydroxylation is 1. The normalized spacial score (nSPS) is 15.8. The summed E-state index contributed by atoms with van der Waals surface area (Å²) in [5, 5.41) is 9.47. The van der Waals surface area contributed by atoms with E-state index in [0.717, 1.165) is 16.2 Å². The van der Waals surface area contributed by atoms with Crippen LogP contribution in [0.4, 0.5) is 0 Å². The van der Waals surface area contributed by atoms with Crippen molar-refractivity contribution in [3.63, 3.8) is 0 Å². The molecular formula is C14H14N4S. The average Bonchev–Trinajstić information content (AvgIpc) is 2.92. The molecule has 0 amide bonds. The zero-order valence-corrected chi connectivity index (χ0v) is 11.5. The fraction of sp³-hybridized carbons (Fsp3) is 0.357. The van der Waals surface area contributed by atoms with Crippen LogP contribution < -0.4 is 0 Å². The van der Waals surface area contributed by atoms with Crippen LogP contribution in [0.1, 0.15) is 30.9 Å². The quantitative estimate of drug-likeness (QED) is 0.714. The second kappa shape index (κ2) is 4.13. The number of aromatic nitrogens is 4. The zero-order chi connectivity index (χ0) is 12.8. The summed E-state index contributed by atoms with van der Waals surface area (Å²) in [6, 6.07) is 6.92. The van der Waals surface area contributed by atoms with Crippen LogP contribution in [-0.4, -0.2) is 20.0 Å². The van der Waals surface area contributed by atoms with Gasteiger partial charge >= 0.3 is 0 Å². The number of hydrogen-bond donors (Lipinski definition) is 0. The Kier molecular flexibility index (Phi) is 2.41. The first-order valence-electron chi connectivity index (χ1n) is 6.59. The minimum atomic E-state index is 0.554. The molecule has 0 unspecified atom stereocenters. The molecule has 1 aliphatic carbocycles. The fourth-order valence-electron chi connectivity index (χ4n) is 2.35. The van der Waals surface area contributed by atoms with Gasteiger partial charge in [0.15, 0.2) is 0 Å². The van der Waals surface area contributed by atoms with Gasteiger partial charge in [0.2, 0.25) is 0 Å². The molecule has 1 fully saturated rings. The molecule has 5 heteroatoms. The van der Waals surface area contributed by atoms with Gasteiger partial charge in [-0.3, -0.25) is 0 Å². The van der Waals surface area contributed by atoms with Crippen LogP contribution >= 0.6 is 11.3 Å². The van der Waals surface area contributed by atoms with Gasteiger partial charge in [-0.2, -0.15) is 0 Å². The van der Waals surface area contributed by atoms with Gasteiger partial charge in [-0.25, -0.2) is 9.67 Å². The van der Waals surface area contributed by atoms with Crippen molar-refractivity contribution in [2.75, 3.05) is 0 Å². The fourth-order valence-corrected chi connectivity index (χ4v) is 3.25. The molecule has 4 nitrogen and oxygen atoms in total. The van der Waals surface area contributed by atoms with E-state index in [4.69, 9.17) is 0 Å². The molecule has 0 spiro atoms. The van der Waals surface area contributed by atoms with Gasteiger partial charge in [0, 0.05) is 0 Å². The summed E-state index contributed by atoms with van der Waals surface area (Å²) in [7, 11) is 0. The molecule has 4 rings (SSSR count). The van der Waals surface area contributed by atoms with Crippen LogP contribution in [0.5, 0.6) is 0 Å². The Hall–Kier alpha value is -1.75. The third kappa shape index (κ3) is 1.85. The standard InChI is InChI=1S/C14H14N4S/c1-9-5-6-13-11(7-9)15-14(19-13)12-8-18(17-16-12)10-3-2-4-10/h5-8,10H,2-4H2,1H3. The van der Waals surface area contributed by atoms with E-state index in [1.807, 2.05) is 10.9 Å². The van der Waals surface area contributed by atoms with Crippen LogP contribution in [0.3, 0.4) is 0 Å². The molecule has 0 saturated heterocycles. The lowest BCUT2D eigenvalue weighted by molar-refractivity contribution is 0.284. The topological polar surface area (TPSA) is 43.6 Å². The minimum Gasteiger partial charge on any atom is -0.249 e. The van der Waals surface area contributed by atoms with Gasteiger partial charge in [-0.1, -0.05) is 11.3 Å². The molecule has 0 bridgehead atoms. The number of nitrogens with zero attached hydrogens (tertiary/aromatic N) is 4. The SMILES string of the molecule is Cc1ccc2sc(-c3cn(C4CCC4)nn3)nc2c1. The van der Waals surface area contributed by atoms with E-state index in [1.54, 1.807) is 11.3 Å². The minimum absolute atomic E-state index is 0.554. The highest BCUT2D eigenvalue weighted by atomic mass is 32.1. The monoisotopic (exact) mass is 270 g/mol. The van der Waals surface area contributed by atoms with E-state index in [0.29, 0.717) is 6.04 Å². The van der Waals surface area contributed by atoms with E-state index in [2.05, 4.69) is 40.4 Å². The third-order valence-corrected chi connectivity index (χ3v) is 4.78. The molecule has 96 valence electrons. The summed E-state index contributed by atoms with van der Waals surface area (Å²) in [5.74, 6) is 0. The maximum atomic E-state index is 4.66. The highest BCUT2D eigenvalue weighted by Crippen LogP contribution is 2.33. The molecule has 0 N–H and O–H groups in total. The summed E-state index contributed by atoms with van der Waals surface area (Å²) in [6.45, 7) is 2.09. The number of hydrogen-bond acceptors (Lipinski definition) is 4. The van der Waals surface area contributed by atoms with Crippen molar-refractivity contribution in [3.8, 4) is 10.7 Å². The molecule has 1 aromatic carbocycles. The van der Waals surface area contributed by atoms with Gasteiger partial charge in [0.25, 0.3) is 0 Å². The Balaban J connectivity index is 1.74. The maximum Gasteiger partial charge on any atom is 0.146 e. The smallest absolute Gasteiger partial charge is 0.146 e. The third-order valence-electron chi connectivity index (χ3n) is 3.72. The van der Waals surface area contributed by atoms with Crippen molar-refractivity contribution in [2.45, 2.75) is 32.2 Å². The first kappa shape index (κ1) is 11.1. The average molecular weight is 270 g/mol. The lowest BCUT2D eigenvalue weighted by Crippen LogP contribution is -2.17. The number of benzene rings is 1. The van der Waals surface area contributed by atoms with Crippen molar-refractivity contribution < 1.29 is 0 Å². The zero-order valence-electron chi connectivity index (χ0n) is 10.7. The van der Waals surface area contributed by atoms with E-state index < -0.39 is 0 Å². The Labute approximate surface area is 115 Å². The Morgan fingerprint density at radius 2 is 2.21 bits per heavy atom. The molecule has 2 aromatic heterocycles. The molecule has 19 heavy (non-hydrogen) atoms. The van der Waals surface area contributed by atoms with Crippen molar-refractivity contribution in [1.29, 1.82) is 0 Å². The second-order valence-electron chi connectivity index (χ2n) is 5.16. The largest absolute Gasteiger partial charge is 0.249 e. The second-order valence-corrected chi connectivity index (χ2v) is 6.19. The highest BCUT2D eigenvalue weighted by Gasteiger charge is 2.21. The van der Waals surface area contributed by atoms with Gasteiger partial charge < -0.3 is 0 Å². The molecular weight excluding hydrogens is 256 g/mol. The first-order chi connectivity index (χ1) is 9.29. The van der Waals surface area contributed by atoms with Gasteiger partial charge in [-0.05, 0) is 43.9 Å². The lowest BCUT2D eigenvalue weighted by Gasteiger charge is -2.24. The molecule has 3 aromatic rings. The van der Waals surface area contributed by atoms with Crippen molar-refractivity contribution in [2.24, 2.45) is 0 Å². The van der Waals surface area contributed by atoms with Crippen LogP contribution in [0.2, 0.25) is 0 Å². The molecule has 0 radical (unpaired) electrons. The van der Waals surface area contributed by atoms with E-state index >= 15 is 0 Å². The molecule has 0 aliphatic heterocycles. The van der Waals surface area contributed by atoms with E-state index in [1.165, 1.54) is 29.5 Å². The Morgan fingerprint density at radius 1 is 1.32 bits per heavy atom. The molecule has 0 atom stereocenters. The van der Waals surface area contributed by atoms with Crippen molar-refractivity contribution in [3.05, 3.63) is 30.0 Å². The summed E-state index contributed by atoms with van der Waals surface area (Å²) >= 11 is 1.68. The van der Waals surface area contributed by atoms with Crippen molar-refractivity contribution >= 4 is 21.6 Å². The van der Waals surface area contributed by atoms with Crippen LogP contribution in [-0.2, 0) is 0 Å². The van der Waals surface area contributed by atoms with E-state index in [-0.39, 0.29) is 0 Å². The van der Waals surface area contributed by atoms with Crippen LogP contribution in [0.25, 0.3) is 20.9 Å². The molecule has 2 heterocycles. The summed E-state index contributed by atoms with van der Waals surface area (Å²) < 4.78 is 3.20. The van der Waals surface area contributed by atoms with Gasteiger partial charge in [0.05, 0.1) is 22.5 Å². The summed E-state index contributed by atoms with van der Waals surface area (Å²) in [6.07, 6.45) is 5.79. The highest BCUT2D eigenvalue weighted by molar-refractivity contribution is 7.21. The summed E-state index contributed by atoms with van der Waals surface area (Å²) in [4.78, 5) is 4.66. The number of fused-ring (bicyclic) bond motifs is 1. The Bertz CT molecular complexity index is 739. The van der Waals surface area contributed by atoms with Crippen molar-refractivity contribution in [1.82, 2.24) is 20.0 Å². The first-order valence-corrected chi connectivity index (χ1v) is 7.41. The number of rotatable bonds is 2. The lowest BCUT2D eigenvalue weighted by atomic mass is 9.93. The van der Waals surface area contributed by atoms with E-state index in [9.17, 15) is 0 Å². The predicted molar refractivity (Wildman–Crippen MR) is 76.3 cm³/mol. The van der Waals surface area contributed by atoms with Gasteiger partial charge in [0.1, 0.15) is 10.7 Å². The predicted octanol–water partition coefficient (Wildman–Crippen LogP) is 3.59. The molecule has 1 aliphatic rings. The van der Waals surface area contributed by atoms with Gasteiger partial charge in [-0.15, -0.1) is 16.4 Å². The summed E-state index contributed by atoms with van der Waals surface area (Å²) in [5.41, 5.74) is 3.19.